The van der Waals surface area contributed by atoms with E-state index in [2.05, 4.69) is 5.32 Å². The number of carbonyl (C=O) groups excluding carboxylic acids is 1. The summed E-state index contributed by atoms with van der Waals surface area (Å²) in [5, 5.41) is 2.87. The lowest BCUT2D eigenvalue weighted by Crippen LogP contribution is -2.39. The molecular formula is C14H18N2O3. The molecule has 1 atom stereocenters. The third kappa shape index (κ3) is 2.86. The summed E-state index contributed by atoms with van der Waals surface area (Å²) in [5.74, 6) is -0.486. The molecule has 2 rings (SSSR count). The molecule has 1 heterocycles. The Kier molecular flexibility index (Phi) is 3.74. The van der Waals surface area contributed by atoms with Gasteiger partial charge in [-0.15, -0.1) is 0 Å². The molecule has 1 aromatic carbocycles. The number of benzene rings is 1. The second kappa shape index (κ2) is 5.30. The van der Waals surface area contributed by atoms with Crippen molar-refractivity contribution in [1.29, 1.82) is 0 Å². The lowest BCUT2D eigenvalue weighted by atomic mass is 10.2. The average molecular weight is 262 g/mol. The molecule has 1 aromatic heterocycles. The van der Waals surface area contributed by atoms with Crippen LogP contribution in [0.3, 0.4) is 0 Å². The van der Waals surface area contributed by atoms with E-state index >= 15 is 0 Å². The first kappa shape index (κ1) is 13.4. The predicted molar refractivity (Wildman–Crippen MR) is 72.9 cm³/mol. The van der Waals surface area contributed by atoms with Crippen molar-refractivity contribution in [3.8, 4) is 0 Å². The van der Waals surface area contributed by atoms with Gasteiger partial charge < -0.3 is 9.73 Å². The molecule has 19 heavy (non-hydrogen) atoms. The summed E-state index contributed by atoms with van der Waals surface area (Å²) in [7, 11) is 0. The predicted octanol–water partition coefficient (Wildman–Crippen LogP) is 1.76. The van der Waals surface area contributed by atoms with Crippen LogP contribution in [0.5, 0.6) is 0 Å². The van der Waals surface area contributed by atoms with Crippen molar-refractivity contribution in [3.05, 3.63) is 34.8 Å². The highest BCUT2D eigenvalue weighted by molar-refractivity contribution is 5.78. The fraction of sp³-hybridized carbons (Fsp3) is 0.429. The minimum Gasteiger partial charge on any atom is -0.408 e. The molecule has 1 N–H and O–H groups in total. The molecule has 5 heteroatoms. The largest absolute Gasteiger partial charge is 0.420 e. The summed E-state index contributed by atoms with van der Waals surface area (Å²) >= 11 is 0. The summed E-state index contributed by atoms with van der Waals surface area (Å²) in [5.41, 5.74) is 1.31. The zero-order valence-electron chi connectivity index (χ0n) is 11.3. The lowest BCUT2D eigenvalue weighted by Gasteiger charge is -2.15. The smallest absolute Gasteiger partial charge is 0.408 e. The lowest BCUT2D eigenvalue weighted by molar-refractivity contribution is -0.124. The molecule has 0 radical (unpaired) electrons. The van der Waals surface area contributed by atoms with Crippen LogP contribution in [0, 0.1) is 5.92 Å². The topological polar surface area (TPSA) is 64.2 Å². The Morgan fingerprint density at radius 2 is 2.00 bits per heavy atom. The van der Waals surface area contributed by atoms with Crippen LogP contribution in [-0.4, -0.2) is 16.5 Å². The van der Waals surface area contributed by atoms with Crippen LogP contribution in [0.15, 0.2) is 33.5 Å². The van der Waals surface area contributed by atoms with E-state index in [4.69, 9.17) is 4.42 Å². The monoisotopic (exact) mass is 262 g/mol. The number of rotatable bonds is 4. The maximum atomic E-state index is 11.8. The molecule has 0 aliphatic heterocycles. The van der Waals surface area contributed by atoms with Gasteiger partial charge >= 0.3 is 5.76 Å². The van der Waals surface area contributed by atoms with Crippen LogP contribution < -0.4 is 11.1 Å². The summed E-state index contributed by atoms with van der Waals surface area (Å²) < 4.78 is 6.69. The number of carbonyl (C=O) groups is 1. The Balaban J connectivity index is 2.19. The maximum Gasteiger partial charge on any atom is 0.420 e. The van der Waals surface area contributed by atoms with E-state index in [0.29, 0.717) is 12.1 Å². The number of hydrogen-bond acceptors (Lipinski definition) is 3. The standard InChI is InChI=1S/C14H18N2O3/c1-9(2)13(17)15-10(3)8-16-11-6-4-5-7-12(11)19-14(16)18/h4-7,9-10H,8H2,1-3H3,(H,15,17)/t10-/m1/s1. The Morgan fingerprint density at radius 3 is 2.68 bits per heavy atom. The fourth-order valence-electron chi connectivity index (χ4n) is 1.92. The summed E-state index contributed by atoms with van der Waals surface area (Å²) in [6.45, 7) is 5.94. The normalized spacial score (nSPS) is 12.8. The first-order valence-corrected chi connectivity index (χ1v) is 6.37. The van der Waals surface area contributed by atoms with Crippen LogP contribution in [0.4, 0.5) is 0 Å². The first-order chi connectivity index (χ1) is 8.99. The SMILES string of the molecule is CC(C)C(=O)N[C@H](C)Cn1c(=O)oc2ccccc21. The average Bonchev–Trinajstić information content (AvgIpc) is 2.66. The molecule has 5 nitrogen and oxygen atoms in total. The first-order valence-electron chi connectivity index (χ1n) is 6.37. The number of fused-ring (bicyclic) bond motifs is 1. The molecule has 0 fully saturated rings. The highest BCUT2D eigenvalue weighted by Crippen LogP contribution is 2.12. The number of oxazole rings is 1. The number of para-hydroxylation sites is 2. The third-order valence-electron chi connectivity index (χ3n) is 2.94. The van der Waals surface area contributed by atoms with E-state index in [9.17, 15) is 9.59 Å². The summed E-state index contributed by atoms with van der Waals surface area (Å²) in [6, 6.07) is 7.13. The molecular weight excluding hydrogens is 244 g/mol. The molecule has 2 aromatic rings. The fourth-order valence-corrected chi connectivity index (χ4v) is 1.92. The Bertz CT molecular complexity index is 639. The van der Waals surface area contributed by atoms with Crippen molar-refractivity contribution in [2.75, 3.05) is 0 Å². The maximum absolute atomic E-state index is 11.8. The van der Waals surface area contributed by atoms with E-state index < -0.39 is 5.76 Å². The van der Waals surface area contributed by atoms with Crippen molar-refractivity contribution in [2.24, 2.45) is 5.92 Å². The van der Waals surface area contributed by atoms with E-state index in [1.807, 2.05) is 39.0 Å². The summed E-state index contributed by atoms with van der Waals surface area (Å²) in [4.78, 5) is 23.4. The third-order valence-corrected chi connectivity index (χ3v) is 2.94. The highest BCUT2D eigenvalue weighted by atomic mass is 16.4. The minimum absolute atomic E-state index is 0.0200. The quantitative estimate of drug-likeness (QED) is 0.913. The van der Waals surface area contributed by atoms with Gasteiger partial charge in [0.2, 0.25) is 5.91 Å². The molecule has 102 valence electrons. The van der Waals surface area contributed by atoms with Crippen molar-refractivity contribution < 1.29 is 9.21 Å². The van der Waals surface area contributed by atoms with Crippen molar-refractivity contribution in [2.45, 2.75) is 33.4 Å². The molecule has 0 unspecified atom stereocenters. The number of hydrogen-bond donors (Lipinski definition) is 1. The molecule has 0 bridgehead atoms. The molecule has 0 aliphatic rings. The van der Waals surface area contributed by atoms with E-state index in [1.165, 1.54) is 0 Å². The Hall–Kier alpha value is -2.04. The van der Waals surface area contributed by atoms with Gasteiger partial charge in [0, 0.05) is 18.5 Å². The highest BCUT2D eigenvalue weighted by Gasteiger charge is 2.14. The molecule has 0 saturated heterocycles. The van der Waals surface area contributed by atoms with E-state index in [-0.39, 0.29) is 17.9 Å². The van der Waals surface area contributed by atoms with Gasteiger partial charge in [-0.2, -0.15) is 0 Å². The molecule has 0 aliphatic carbocycles. The Morgan fingerprint density at radius 1 is 1.32 bits per heavy atom. The van der Waals surface area contributed by atoms with Crippen molar-refractivity contribution in [3.63, 3.8) is 0 Å². The zero-order valence-corrected chi connectivity index (χ0v) is 11.3. The second-order valence-corrected chi connectivity index (χ2v) is 5.01. The van der Waals surface area contributed by atoms with Crippen LogP contribution in [0.25, 0.3) is 11.1 Å². The van der Waals surface area contributed by atoms with Crippen molar-refractivity contribution >= 4 is 17.0 Å². The van der Waals surface area contributed by atoms with Gasteiger partial charge in [0.15, 0.2) is 5.58 Å². The van der Waals surface area contributed by atoms with E-state index in [1.54, 1.807) is 10.6 Å². The van der Waals surface area contributed by atoms with Gasteiger partial charge in [-0.1, -0.05) is 26.0 Å². The molecule has 1 amide bonds. The van der Waals surface area contributed by atoms with Gasteiger partial charge in [-0.05, 0) is 19.1 Å². The van der Waals surface area contributed by atoms with Crippen LogP contribution in [-0.2, 0) is 11.3 Å². The number of aromatic nitrogens is 1. The minimum atomic E-state index is -0.396. The second-order valence-electron chi connectivity index (χ2n) is 5.01. The number of nitrogens with zero attached hydrogens (tertiary/aromatic N) is 1. The van der Waals surface area contributed by atoms with Gasteiger partial charge in [0.05, 0.1) is 5.52 Å². The van der Waals surface area contributed by atoms with Gasteiger partial charge in [-0.3, -0.25) is 9.36 Å². The Labute approximate surface area is 111 Å². The number of amides is 1. The van der Waals surface area contributed by atoms with E-state index in [0.717, 1.165) is 5.52 Å². The van der Waals surface area contributed by atoms with Gasteiger partial charge in [-0.25, -0.2) is 4.79 Å². The van der Waals surface area contributed by atoms with Crippen LogP contribution in [0.1, 0.15) is 20.8 Å². The van der Waals surface area contributed by atoms with Gasteiger partial charge in [0.1, 0.15) is 0 Å². The van der Waals surface area contributed by atoms with Crippen LogP contribution in [0.2, 0.25) is 0 Å². The number of nitrogens with one attached hydrogen (secondary N) is 1. The zero-order chi connectivity index (χ0) is 14.0. The molecule has 0 spiro atoms. The molecule has 0 saturated carbocycles. The van der Waals surface area contributed by atoms with Crippen molar-refractivity contribution in [1.82, 2.24) is 9.88 Å². The van der Waals surface area contributed by atoms with Gasteiger partial charge in [0.25, 0.3) is 0 Å². The summed E-state index contributed by atoms with van der Waals surface area (Å²) in [6.07, 6.45) is 0. The van der Waals surface area contributed by atoms with Crippen LogP contribution >= 0.6 is 0 Å².